The first-order valence-corrected chi connectivity index (χ1v) is 3.39. The maximum absolute atomic E-state index is 9.06. The molecule has 1 aromatic carbocycles. The first-order chi connectivity index (χ1) is 5.18. The minimum Gasteiger partial charge on any atom is -0.508 e. The number of phenols is 1. The van der Waals surface area contributed by atoms with Crippen LogP contribution in [0.1, 0.15) is 5.56 Å². The molecule has 0 saturated carbocycles. The molecule has 0 atom stereocenters. The van der Waals surface area contributed by atoms with Gasteiger partial charge in [0.1, 0.15) is 5.75 Å². The van der Waals surface area contributed by atoms with Crippen LogP contribution < -0.4 is 5.73 Å². The second-order valence-corrected chi connectivity index (χ2v) is 2.50. The molecule has 0 aliphatic rings. The van der Waals surface area contributed by atoms with Gasteiger partial charge in [-0.2, -0.15) is 0 Å². The largest absolute Gasteiger partial charge is 0.508 e. The highest BCUT2D eigenvalue weighted by Crippen LogP contribution is 2.12. The summed E-state index contributed by atoms with van der Waals surface area (Å²) in [7, 11) is 0. The van der Waals surface area contributed by atoms with Gasteiger partial charge in [-0.3, -0.25) is 0 Å². The Morgan fingerprint density at radius 3 is 2.82 bits per heavy atom. The maximum Gasteiger partial charge on any atom is 0.115 e. The quantitative estimate of drug-likeness (QED) is 0.667. The Hall–Kier alpha value is -1.44. The van der Waals surface area contributed by atoms with Gasteiger partial charge in [0.2, 0.25) is 0 Å². The molecule has 0 aliphatic heterocycles. The van der Waals surface area contributed by atoms with Gasteiger partial charge in [-0.15, -0.1) is 0 Å². The molecule has 0 aliphatic carbocycles. The summed E-state index contributed by atoms with van der Waals surface area (Å²) in [4.78, 5) is 0. The molecule has 0 spiro atoms. The number of rotatable bonds is 2. The lowest BCUT2D eigenvalue weighted by Crippen LogP contribution is -1.98. The van der Waals surface area contributed by atoms with Crippen LogP contribution in [0.4, 0.5) is 0 Å². The summed E-state index contributed by atoms with van der Waals surface area (Å²) in [5, 5.41) is 9.06. The first kappa shape index (κ1) is 7.66. The SMILES string of the molecule is C=C(N)Cc1cccc(O)c1. The van der Waals surface area contributed by atoms with E-state index in [1.165, 1.54) is 0 Å². The van der Waals surface area contributed by atoms with Crippen LogP contribution in [0.5, 0.6) is 5.75 Å². The van der Waals surface area contributed by atoms with Crippen molar-refractivity contribution >= 4 is 0 Å². The summed E-state index contributed by atoms with van der Waals surface area (Å²) in [6, 6.07) is 6.99. The van der Waals surface area contributed by atoms with Crippen molar-refractivity contribution in [1.82, 2.24) is 0 Å². The maximum atomic E-state index is 9.06. The van der Waals surface area contributed by atoms with E-state index >= 15 is 0 Å². The molecule has 0 amide bonds. The third-order valence-corrected chi connectivity index (χ3v) is 1.34. The zero-order chi connectivity index (χ0) is 8.27. The highest BCUT2D eigenvalue weighted by molar-refractivity contribution is 5.29. The molecule has 3 N–H and O–H groups in total. The fourth-order valence-electron chi connectivity index (χ4n) is 0.929. The van der Waals surface area contributed by atoms with E-state index in [0.29, 0.717) is 12.1 Å². The number of aromatic hydroxyl groups is 1. The average molecular weight is 149 g/mol. The molecule has 0 aromatic heterocycles. The lowest BCUT2D eigenvalue weighted by Gasteiger charge is -1.99. The van der Waals surface area contributed by atoms with Gasteiger partial charge in [-0.1, -0.05) is 18.7 Å². The summed E-state index contributed by atoms with van der Waals surface area (Å²) in [5.41, 5.74) is 6.99. The number of benzene rings is 1. The minimum absolute atomic E-state index is 0.267. The van der Waals surface area contributed by atoms with Gasteiger partial charge in [0.15, 0.2) is 0 Å². The molecular weight excluding hydrogens is 138 g/mol. The van der Waals surface area contributed by atoms with E-state index in [-0.39, 0.29) is 5.75 Å². The molecule has 58 valence electrons. The third kappa shape index (κ3) is 2.34. The van der Waals surface area contributed by atoms with Gasteiger partial charge in [-0.25, -0.2) is 0 Å². The zero-order valence-electron chi connectivity index (χ0n) is 6.25. The van der Waals surface area contributed by atoms with Crippen molar-refractivity contribution < 1.29 is 5.11 Å². The molecule has 2 nitrogen and oxygen atoms in total. The molecule has 0 bridgehead atoms. The minimum atomic E-state index is 0.267. The summed E-state index contributed by atoms with van der Waals surface area (Å²) < 4.78 is 0. The first-order valence-electron chi connectivity index (χ1n) is 3.39. The van der Waals surface area contributed by atoms with Crippen LogP contribution >= 0.6 is 0 Å². The van der Waals surface area contributed by atoms with E-state index in [2.05, 4.69) is 6.58 Å². The molecule has 11 heavy (non-hydrogen) atoms. The Bertz CT molecular complexity index is 268. The van der Waals surface area contributed by atoms with Crippen LogP contribution in [0.2, 0.25) is 0 Å². The lowest BCUT2D eigenvalue weighted by atomic mass is 10.1. The Balaban J connectivity index is 2.79. The average Bonchev–Trinajstić information content (AvgIpc) is 1.85. The van der Waals surface area contributed by atoms with Gasteiger partial charge < -0.3 is 10.8 Å². The topological polar surface area (TPSA) is 46.2 Å². The van der Waals surface area contributed by atoms with Crippen molar-refractivity contribution in [3.05, 3.63) is 42.1 Å². The highest BCUT2D eigenvalue weighted by Gasteiger charge is 1.93. The van der Waals surface area contributed by atoms with Crippen LogP contribution in [-0.4, -0.2) is 5.11 Å². The van der Waals surface area contributed by atoms with Crippen LogP contribution in [0.3, 0.4) is 0 Å². The van der Waals surface area contributed by atoms with Gasteiger partial charge >= 0.3 is 0 Å². The van der Waals surface area contributed by atoms with Crippen molar-refractivity contribution in [1.29, 1.82) is 0 Å². The van der Waals surface area contributed by atoms with Gasteiger partial charge in [0.25, 0.3) is 0 Å². The van der Waals surface area contributed by atoms with E-state index in [0.717, 1.165) is 5.56 Å². The van der Waals surface area contributed by atoms with Crippen molar-refractivity contribution in [3.63, 3.8) is 0 Å². The van der Waals surface area contributed by atoms with Crippen LogP contribution in [-0.2, 0) is 6.42 Å². The summed E-state index contributed by atoms with van der Waals surface area (Å²) in [6.45, 7) is 3.58. The Kier molecular flexibility index (Phi) is 2.16. The van der Waals surface area contributed by atoms with E-state index < -0.39 is 0 Å². The number of phenolic OH excluding ortho intramolecular Hbond substituents is 1. The number of nitrogens with two attached hydrogens (primary N) is 1. The molecule has 0 saturated heterocycles. The Morgan fingerprint density at radius 1 is 1.55 bits per heavy atom. The monoisotopic (exact) mass is 149 g/mol. The van der Waals surface area contributed by atoms with E-state index in [9.17, 15) is 0 Å². The van der Waals surface area contributed by atoms with E-state index in [4.69, 9.17) is 10.8 Å². The number of hydrogen-bond donors (Lipinski definition) is 2. The second-order valence-electron chi connectivity index (χ2n) is 2.50. The summed E-state index contributed by atoms with van der Waals surface area (Å²) >= 11 is 0. The van der Waals surface area contributed by atoms with Crippen LogP contribution in [0.25, 0.3) is 0 Å². The lowest BCUT2D eigenvalue weighted by molar-refractivity contribution is 0.474. The normalized spacial score (nSPS) is 9.45. The van der Waals surface area contributed by atoms with E-state index in [1.54, 1.807) is 18.2 Å². The van der Waals surface area contributed by atoms with Gasteiger partial charge in [0.05, 0.1) is 0 Å². The molecule has 1 aromatic rings. The predicted molar refractivity (Wildman–Crippen MR) is 45.1 cm³/mol. The van der Waals surface area contributed by atoms with Gasteiger partial charge in [0, 0.05) is 12.1 Å². The number of allylic oxidation sites excluding steroid dienone is 1. The van der Waals surface area contributed by atoms with Crippen LogP contribution in [0, 0.1) is 0 Å². The molecular formula is C9H11NO. The van der Waals surface area contributed by atoms with Crippen molar-refractivity contribution in [3.8, 4) is 5.75 Å². The molecule has 0 radical (unpaired) electrons. The molecule has 1 rings (SSSR count). The third-order valence-electron chi connectivity index (χ3n) is 1.34. The Morgan fingerprint density at radius 2 is 2.27 bits per heavy atom. The molecule has 0 heterocycles. The summed E-state index contributed by atoms with van der Waals surface area (Å²) in [5.74, 6) is 0.267. The zero-order valence-corrected chi connectivity index (χ0v) is 6.25. The smallest absolute Gasteiger partial charge is 0.115 e. The fourth-order valence-corrected chi connectivity index (χ4v) is 0.929. The number of hydrogen-bond acceptors (Lipinski definition) is 2. The van der Waals surface area contributed by atoms with Crippen molar-refractivity contribution in [2.75, 3.05) is 0 Å². The van der Waals surface area contributed by atoms with Crippen molar-refractivity contribution in [2.45, 2.75) is 6.42 Å². The fraction of sp³-hybridized carbons (Fsp3) is 0.111. The van der Waals surface area contributed by atoms with Crippen LogP contribution in [0.15, 0.2) is 36.5 Å². The predicted octanol–water partition coefficient (Wildman–Crippen LogP) is 1.41. The molecule has 0 unspecified atom stereocenters. The summed E-state index contributed by atoms with van der Waals surface area (Å²) in [6.07, 6.45) is 0.619. The van der Waals surface area contributed by atoms with Crippen molar-refractivity contribution in [2.24, 2.45) is 5.73 Å². The molecule has 2 heteroatoms. The van der Waals surface area contributed by atoms with Gasteiger partial charge in [-0.05, 0) is 17.7 Å². The standard InChI is InChI=1S/C9H11NO/c1-7(10)5-8-3-2-4-9(11)6-8/h2-4,6,11H,1,5,10H2. The Labute approximate surface area is 66.0 Å². The second kappa shape index (κ2) is 3.10. The molecule has 0 fully saturated rings. The highest BCUT2D eigenvalue weighted by atomic mass is 16.3. The van der Waals surface area contributed by atoms with E-state index in [1.807, 2.05) is 6.07 Å².